The second kappa shape index (κ2) is 4.89. The Morgan fingerprint density at radius 3 is 2.80 bits per heavy atom. The van der Waals surface area contributed by atoms with Crippen LogP contribution in [0.15, 0.2) is 18.3 Å². The van der Waals surface area contributed by atoms with Gasteiger partial charge in [-0.1, -0.05) is 6.07 Å². The average Bonchev–Trinajstić information content (AvgIpc) is 2.99. The number of aromatic nitrogens is 1. The molecule has 3 rings (SSSR count). The van der Waals surface area contributed by atoms with Crippen molar-refractivity contribution in [3.05, 3.63) is 29.6 Å². The Hall–Kier alpha value is -1.91. The van der Waals surface area contributed by atoms with E-state index in [-0.39, 0.29) is 17.9 Å². The maximum absolute atomic E-state index is 12.3. The van der Waals surface area contributed by atoms with Crippen LogP contribution in [0.3, 0.4) is 0 Å². The van der Waals surface area contributed by atoms with E-state index in [0.29, 0.717) is 11.6 Å². The number of hydrogen-bond donors (Lipinski definition) is 2. The van der Waals surface area contributed by atoms with Gasteiger partial charge in [0, 0.05) is 12.2 Å². The van der Waals surface area contributed by atoms with Gasteiger partial charge in [0.15, 0.2) is 0 Å². The highest BCUT2D eigenvalue weighted by molar-refractivity contribution is 5.94. The van der Waals surface area contributed by atoms with Gasteiger partial charge in [0.1, 0.15) is 5.69 Å². The van der Waals surface area contributed by atoms with Crippen LogP contribution in [0.25, 0.3) is 0 Å². The molecule has 4 unspecified atom stereocenters. The summed E-state index contributed by atoms with van der Waals surface area (Å²) in [5.74, 6) is -0.976. The SMILES string of the molecule is Cc1cccnc1C(=O)NC1C2CCC(C2)C1C(=O)O. The Bertz CT molecular complexity index is 558. The van der Waals surface area contributed by atoms with Gasteiger partial charge in [-0.2, -0.15) is 0 Å². The van der Waals surface area contributed by atoms with Crippen molar-refractivity contribution in [1.82, 2.24) is 10.3 Å². The standard InChI is InChI=1S/C15H18N2O3/c1-8-3-2-6-16-12(8)14(18)17-13-10-5-4-9(7-10)11(13)15(19)20/h2-3,6,9-11,13H,4-5,7H2,1H3,(H,17,18)(H,19,20). The third kappa shape index (κ3) is 2.07. The molecule has 2 aliphatic carbocycles. The van der Waals surface area contributed by atoms with E-state index in [1.807, 2.05) is 13.0 Å². The third-order valence-corrected chi connectivity index (χ3v) is 4.72. The molecule has 2 N–H and O–H groups in total. The van der Waals surface area contributed by atoms with Crippen molar-refractivity contribution >= 4 is 11.9 Å². The maximum Gasteiger partial charge on any atom is 0.308 e. The van der Waals surface area contributed by atoms with Crippen molar-refractivity contribution in [3.8, 4) is 0 Å². The number of hydrogen-bond acceptors (Lipinski definition) is 3. The second-order valence-corrected chi connectivity index (χ2v) is 5.87. The second-order valence-electron chi connectivity index (χ2n) is 5.87. The number of aryl methyl sites for hydroxylation is 1. The summed E-state index contributed by atoms with van der Waals surface area (Å²) in [6, 6.07) is 3.36. The molecule has 2 bridgehead atoms. The lowest BCUT2D eigenvalue weighted by molar-refractivity contribution is -0.144. The predicted octanol–water partition coefficient (Wildman–Crippen LogP) is 1.62. The lowest BCUT2D eigenvalue weighted by Gasteiger charge is -2.28. The Labute approximate surface area is 117 Å². The molecule has 1 aromatic heterocycles. The summed E-state index contributed by atoms with van der Waals surface area (Å²) in [4.78, 5) is 27.8. The average molecular weight is 274 g/mol. The van der Waals surface area contributed by atoms with Gasteiger partial charge >= 0.3 is 5.97 Å². The lowest BCUT2D eigenvalue weighted by Crippen LogP contribution is -2.47. The number of carboxylic acids is 1. The van der Waals surface area contributed by atoms with Crippen LogP contribution in [0.4, 0.5) is 0 Å². The fourth-order valence-corrected chi connectivity index (χ4v) is 3.80. The van der Waals surface area contributed by atoms with Gasteiger partial charge < -0.3 is 10.4 Å². The van der Waals surface area contributed by atoms with Crippen molar-refractivity contribution in [3.63, 3.8) is 0 Å². The van der Waals surface area contributed by atoms with E-state index in [2.05, 4.69) is 10.3 Å². The normalized spacial score (nSPS) is 31.2. The molecule has 2 aliphatic rings. The predicted molar refractivity (Wildman–Crippen MR) is 72.2 cm³/mol. The summed E-state index contributed by atoms with van der Waals surface area (Å²) in [6.45, 7) is 1.83. The highest BCUT2D eigenvalue weighted by atomic mass is 16.4. The van der Waals surface area contributed by atoms with Crippen LogP contribution in [0.2, 0.25) is 0 Å². The van der Waals surface area contributed by atoms with Crippen LogP contribution in [0.5, 0.6) is 0 Å². The Morgan fingerprint density at radius 1 is 1.35 bits per heavy atom. The van der Waals surface area contributed by atoms with E-state index in [9.17, 15) is 14.7 Å². The number of fused-ring (bicyclic) bond motifs is 2. The van der Waals surface area contributed by atoms with Gasteiger partial charge in [-0.05, 0) is 49.7 Å². The van der Waals surface area contributed by atoms with Crippen molar-refractivity contribution in [1.29, 1.82) is 0 Å². The molecule has 2 saturated carbocycles. The molecule has 0 aliphatic heterocycles. The zero-order valence-electron chi connectivity index (χ0n) is 11.4. The van der Waals surface area contributed by atoms with Gasteiger partial charge in [0.05, 0.1) is 5.92 Å². The van der Waals surface area contributed by atoms with Crippen LogP contribution in [0, 0.1) is 24.7 Å². The van der Waals surface area contributed by atoms with Crippen LogP contribution < -0.4 is 5.32 Å². The number of aliphatic carboxylic acids is 1. The largest absolute Gasteiger partial charge is 0.481 e. The zero-order chi connectivity index (χ0) is 14.3. The van der Waals surface area contributed by atoms with E-state index in [1.54, 1.807) is 12.3 Å². The molecule has 0 radical (unpaired) electrons. The third-order valence-electron chi connectivity index (χ3n) is 4.72. The van der Waals surface area contributed by atoms with E-state index in [4.69, 9.17) is 0 Å². The molecular formula is C15H18N2O3. The number of carbonyl (C=O) groups is 2. The van der Waals surface area contributed by atoms with Crippen LogP contribution in [-0.2, 0) is 4.79 Å². The van der Waals surface area contributed by atoms with Crippen LogP contribution in [-0.4, -0.2) is 28.0 Å². The summed E-state index contributed by atoms with van der Waals surface area (Å²) in [5.41, 5.74) is 1.19. The number of carboxylic acid groups (broad SMARTS) is 1. The Morgan fingerprint density at radius 2 is 2.10 bits per heavy atom. The highest BCUT2D eigenvalue weighted by Gasteiger charge is 2.51. The molecule has 1 aromatic rings. The number of carbonyl (C=O) groups excluding carboxylic acids is 1. The molecule has 4 atom stereocenters. The first-order chi connectivity index (χ1) is 9.58. The quantitative estimate of drug-likeness (QED) is 0.877. The number of amides is 1. The number of nitrogens with zero attached hydrogens (tertiary/aromatic N) is 1. The van der Waals surface area contributed by atoms with Crippen molar-refractivity contribution < 1.29 is 14.7 Å². The summed E-state index contributed by atoms with van der Waals surface area (Å²) in [7, 11) is 0. The summed E-state index contributed by atoms with van der Waals surface area (Å²) in [5, 5.41) is 12.3. The fourth-order valence-electron chi connectivity index (χ4n) is 3.80. The molecule has 0 spiro atoms. The first-order valence-electron chi connectivity index (χ1n) is 7.03. The minimum atomic E-state index is -0.791. The lowest BCUT2D eigenvalue weighted by atomic mass is 9.84. The van der Waals surface area contributed by atoms with Crippen molar-refractivity contribution in [2.75, 3.05) is 0 Å². The van der Waals surface area contributed by atoms with Gasteiger partial charge in [0.2, 0.25) is 0 Å². The first kappa shape index (κ1) is 13.1. The Kier molecular flexibility index (Phi) is 3.20. The van der Waals surface area contributed by atoms with E-state index in [1.165, 1.54) is 0 Å². The first-order valence-corrected chi connectivity index (χ1v) is 7.03. The van der Waals surface area contributed by atoms with Crippen molar-refractivity contribution in [2.24, 2.45) is 17.8 Å². The number of rotatable bonds is 3. The number of pyridine rings is 1. The molecule has 1 amide bonds. The molecule has 1 heterocycles. The Balaban J connectivity index is 1.79. The van der Waals surface area contributed by atoms with Crippen LogP contribution >= 0.6 is 0 Å². The van der Waals surface area contributed by atoms with Gasteiger partial charge in [-0.3, -0.25) is 14.6 Å². The summed E-state index contributed by atoms with van der Waals surface area (Å²) < 4.78 is 0. The molecule has 0 saturated heterocycles. The highest BCUT2D eigenvalue weighted by Crippen LogP contribution is 2.48. The minimum Gasteiger partial charge on any atom is -0.481 e. The van der Waals surface area contributed by atoms with Gasteiger partial charge in [-0.25, -0.2) is 0 Å². The van der Waals surface area contributed by atoms with Crippen molar-refractivity contribution in [2.45, 2.75) is 32.2 Å². The number of nitrogens with one attached hydrogen (secondary N) is 1. The molecular weight excluding hydrogens is 256 g/mol. The maximum atomic E-state index is 12.3. The molecule has 0 aromatic carbocycles. The summed E-state index contributed by atoms with van der Waals surface area (Å²) in [6.07, 6.45) is 4.48. The van der Waals surface area contributed by atoms with E-state index >= 15 is 0 Å². The van der Waals surface area contributed by atoms with Crippen LogP contribution in [0.1, 0.15) is 35.3 Å². The molecule has 2 fully saturated rings. The summed E-state index contributed by atoms with van der Waals surface area (Å²) >= 11 is 0. The monoisotopic (exact) mass is 274 g/mol. The molecule has 20 heavy (non-hydrogen) atoms. The topological polar surface area (TPSA) is 79.3 Å². The molecule has 5 heteroatoms. The van der Waals surface area contributed by atoms with Gasteiger partial charge in [0.25, 0.3) is 5.91 Å². The zero-order valence-corrected chi connectivity index (χ0v) is 11.4. The minimum absolute atomic E-state index is 0.215. The molecule has 106 valence electrons. The van der Waals surface area contributed by atoms with Gasteiger partial charge in [-0.15, -0.1) is 0 Å². The smallest absolute Gasteiger partial charge is 0.308 e. The van der Waals surface area contributed by atoms with E-state index < -0.39 is 11.9 Å². The molecule has 5 nitrogen and oxygen atoms in total. The van der Waals surface area contributed by atoms with E-state index in [0.717, 1.165) is 24.8 Å². The fraction of sp³-hybridized carbons (Fsp3) is 0.533.